The van der Waals surface area contributed by atoms with Gasteiger partial charge in [-0.05, 0) is 28.7 Å². The summed E-state index contributed by atoms with van der Waals surface area (Å²) in [7, 11) is -0.828. The number of aromatic nitrogens is 1. The number of hydrogen-bond donors (Lipinski definition) is 2. The predicted octanol–water partition coefficient (Wildman–Crippen LogP) is 0.550. The summed E-state index contributed by atoms with van der Waals surface area (Å²) in [6, 6.07) is 9.10. The van der Waals surface area contributed by atoms with E-state index in [-0.39, 0.29) is 0 Å². The maximum absolute atomic E-state index is 9.53. The molecule has 1 aliphatic rings. The third-order valence-electron chi connectivity index (χ3n) is 3.03. The molecule has 3 rings (SSSR count). The minimum absolute atomic E-state index is 0.396. The first-order valence-electron chi connectivity index (χ1n) is 6.01. The third kappa shape index (κ3) is 2.46. The minimum atomic E-state index is -0.828. The predicted molar refractivity (Wildman–Crippen MR) is 71.0 cm³/mol. The van der Waals surface area contributed by atoms with Gasteiger partial charge in [0.1, 0.15) is 5.75 Å². The smallest absolute Gasteiger partial charge is 0.439 e. The Morgan fingerprint density at radius 2 is 2.26 bits per heavy atom. The highest BCUT2D eigenvalue weighted by Crippen LogP contribution is 2.22. The molecule has 0 saturated carbocycles. The van der Waals surface area contributed by atoms with Crippen LogP contribution in [0.1, 0.15) is 11.1 Å². The Labute approximate surface area is 111 Å². The molecule has 0 spiro atoms. The summed E-state index contributed by atoms with van der Waals surface area (Å²) in [5, 5.41) is 9.53. The van der Waals surface area contributed by atoms with Gasteiger partial charge in [0.15, 0.2) is 0 Å². The van der Waals surface area contributed by atoms with Gasteiger partial charge in [0, 0.05) is 18.8 Å². The maximum Gasteiger partial charge on any atom is 0.491 e. The Balaban J connectivity index is 1.79. The molecule has 2 aromatic rings. The molecule has 0 bridgehead atoms. The van der Waals surface area contributed by atoms with Gasteiger partial charge in [-0.1, -0.05) is 12.1 Å². The van der Waals surface area contributed by atoms with Crippen molar-refractivity contribution in [3.05, 3.63) is 47.7 Å². The molecule has 6 heteroatoms. The first kappa shape index (κ1) is 12.2. The third-order valence-corrected chi connectivity index (χ3v) is 3.03. The van der Waals surface area contributed by atoms with Crippen molar-refractivity contribution < 1.29 is 14.4 Å². The molecule has 1 aromatic carbocycles. The van der Waals surface area contributed by atoms with E-state index in [1.165, 1.54) is 0 Å². The first-order chi connectivity index (χ1) is 9.26. The van der Waals surface area contributed by atoms with Crippen molar-refractivity contribution in [3.63, 3.8) is 0 Å². The molecule has 19 heavy (non-hydrogen) atoms. The summed E-state index contributed by atoms with van der Waals surface area (Å²) in [6.45, 7) is 0.856. The van der Waals surface area contributed by atoms with Crippen LogP contribution in [0.5, 0.6) is 11.6 Å². The standard InChI is InChI=1S/C13H13BN2O3/c15-6-9-1-4-13(16-7-9)19-11-2-3-12-10(5-11)8-18-14(12)17/h1-5,7,17H,6,8,15H2. The van der Waals surface area contributed by atoms with Crippen molar-refractivity contribution >= 4 is 12.6 Å². The van der Waals surface area contributed by atoms with Gasteiger partial charge in [0.25, 0.3) is 0 Å². The molecule has 0 saturated heterocycles. The SMILES string of the molecule is NCc1ccc(Oc2ccc3c(c2)COB3O)nc1. The number of nitrogens with zero attached hydrogens (tertiary/aromatic N) is 1. The van der Waals surface area contributed by atoms with Crippen molar-refractivity contribution in [2.45, 2.75) is 13.2 Å². The Morgan fingerprint density at radius 3 is 3.00 bits per heavy atom. The van der Waals surface area contributed by atoms with Crippen molar-refractivity contribution in [2.24, 2.45) is 5.73 Å². The quantitative estimate of drug-likeness (QED) is 0.784. The summed E-state index contributed by atoms with van der Waals surface area (Å²) in [6.07, 6.45) is 1.69. The van der Waals surface area contributed by atoms with Gasteiger partial charge >= 0.3 is 7.12 Å². The number of benzene rings is 1. The van der Waals surface area contributed by atoms with Crippen LogP contribution in [0, 0.1) is 0 Å². The van der Waals surface area contributed by atoms with Gasteiger partial charge in [0.2, 0.25) is 5.88 Å². The Kier molecular flexibility index (Phi) is 3.21. The number of ether oxygens (including phenoxy) is 1. The first-order valence-corrected chi connectivity index (χ1v) is 6.01. The molecule has 3 N–H and O–H groups in total. The summed E-state index contributed by atoms with van der Waals surface area (Å²) in [4.78, 5) is 4.17. The van der Waals surface area contributed by atoms with Crippen LogP contribution in [0.15, 0.2) is 36.5 Å². The lowest BCUT2D eigenvalue weighted by molar-refractivity contribution is 0.275. The fraction of sp³-hybridized carbons (Fsp3) is 0.154. The van der Waals surface area contributed by atoms with Crippen LogP contribution in [0.25, 0.3) is 0 Å². The van der Waals surface area contributed by atoms with Crippen LogP contribution in [0.4, 0.5) is 0 Å². The number of rotatable bonds is 3. The molecule has 1 aromatic heterocycles. The summed E-state index contributed by atoms with van der Waals surface area (Å²) in [5.74, 6) is 1.18. The van der Waals surface area contributed by atoms with Gasteiger partial charge in [-0.2, -0.15) is 0 Å². The van der Waals surface area contributed by atoms with Crippen molar-refractivity contribution in [3.8, 4) is 11.6 Å². The van der Waals surface area contributed by atoms with E-state index in [2.05, 4.69) is 4.98 Å². The van der Waals surface area contributed by atoms with Gasteiger partial charge < -0.3 is 20.1 Å². The number of pyridine rings is 1. The van der Waals surface area contributed by atoms with Crippen molar-refractivity contribution in [1.29, 1.82) is 0 Å². The number of hydrogen-bond acceptors (Lipinski definition) is 5. The van der Waals surface area contributed by atoms with Gasteiger partial charge in [0.05, 0.1) is 6.61 Å². The van der Waals surface area contributed by atoms with E-state index in [9.17, 15) is 5.02 Å². The lowest BCUT2D eigenvalue weighted by Crippen LogP contribution is -2.27. The number of nitrogens with two attached hydrogens (primary N) is 1. The molecular weight excluding hydrogens is 243 g/mol. The van der Waals surface area contributed by atoms with Gasteiger partial charge in [-0.15, -0.1) is 0 Å². The minimum Gasteiger partial charge on any atom is -0.439 e. The second kappa shape index (κ2) is 5.01. The second-order valence-electron chi connectivity index (χ2n) is 4.33. The van der Waals surface area contributed by atoms with E-state index < -0.39 is 7.12 Å². The molecular formula is C13H13BN2O3. The van der Waals surface area contributed by atoms with Crippen molar-refractivity contribution in [1.82, 2.24) is 4.98 Å². The normalized spacial score (nSPS) is 13.5. The summed E-state index contributed by atoms with van der Waals surface area (Å²) in [5.41, 5.74) is 8.19. The monoisotopic (exact) mass is 256 g/mol. The molecule has 2 heterocycles. The molecule has 0 fully saturated rings. The Morgan fingerprint density at radius 1 is 1.37 bits per heavy atom. The highest BCUT2D eigenvalue weighted by atomic mass is 16.5. The zero-order chi connectivity index (χ0) is 13.2. The van der Waals surface area contributed by atoms with Crippen molar-refractivity contribution in [2.75, 3.05) is 0 Å². The average molecular weight is 256 g/mol. The number of fused-ring (bicyclic) bond motifs is 1. The van der Waals surface area contributed by atoms with Crippen LogP contribution in [-0.2, 0) is 17.8 Å². The van der Waals surface area contributed by atoms with Gasteiger partial charge in [-0.25, -0.2) is 4.98 Å². The molecule has 96 valence electrons. The molecule has 5 nitrogen and oxygen atoms in total. The topological polar surface area (TPSA) is 77.6 Å². The van der Waals surface area contributed by atoms with Crippen LogP contribution >= 0.6 is 0 Å². The zero-order valence-corrected chi connectivity index (χ0v) is 10.2. The molecule has 1 aliphatic heterocycles. The van der Waals surface area contributed by atoms with E-state index >= 15 is 0 Å². The fourth-order valence-electron chi connectivity index (χ4n) is 1.98. The maximum atomic E-state index is 9.53. The van der Waals surface area contributed by atoms with E-state index in [0.29, 0.717) is 24.8 Å². The lowest BCUT2D eigenvalue weighted by atomic mass is 9.80. The highest BCUT2D eigenvalue weighted by Gasteiger charge is 2.27. The van der Waals surface area contributed by atoms with E-state index in [4.69, 9.17) is 15.1 Å². The van der Waals surface area contributed by atoms with Crippen LogP contribution in [0.3, 0.4) is 0 Å². The second-order valence-corrected chi connectivity index (χ2v) is 4.33. The summed E-state index contributed by atoms with van der Waals surface area (Å²) >= 11 is 0. The van der Waals surface area contributed by atoms with E-state index in [0.717, 1.165) is 16.6 Å². The van der Waals surface area contributed by atoms with E-state index in [1.54, 1.807) is 24.4 Å². The lowest BCUT2D eigenvalue weighted by Gasteiger charge is -2.06. The molecule has 0 radical (unpaired) electrons. The molecule has 0 aliphatic carbocycles. The Hall–Kier alpha value is -1.89. The van der Waals surface area contributed by atoms with Crippen LogP contribution in [0.2, 0.25) is 0 Å². The van der Waals surface area contributed by atoms with Crippen LogP contribution < -0.4 is 15.9 Å². The Bertz CT molecular complexity index is 589. The fourth-order valence-corrected chi connectivity index (χ4v) is 1.98. The average Bonchev–Trinajstić information content (AvgIpc) is 2.81. The van der Waals surface area contributed by atoms with E-state index in [1.807, 2.05) is 12.1 Å². The molecule has 0 amide bonds. The van der Waals surface area contributed by atoms with Gasteiger partial charge in [-0.3, -0.25) is 0 Å². The zero-order valence-electron chi connectivity index (χ0n) is 10.2. The van der Waals surface area contributed by atoms with Crippen LogP contribution in [-0.4, -0.2) is 17.1 Å². The largest absolute Gasteiger partial charge is 0.491 e. The molecule has 0 atom stereocenters. The summed E-state index contributed by atoms with van der Waals surface area (Å²) < 4.78 is 10.8. The molecule has 0 unspecified atom stereocenters. The highest BCUT2D eigenvalue weighted by molar-refractivity contribution is 6.61.